The molecule has 0 unspecified atom stereocenters. The smallest absolute Gasteiger partial charge is 0.269 e. The summed E-state index contributed by atoms with van der Waals surface area (Å²) in [4.78, 5) is 12.5. The van der Waals surface area contributed by atoms with E-state index >= 15 is 0 Å². The van der Waals surface area contributed by atoms with Gasteiger partial charge in [0.25, 0.3) is 5.91 Å². The van der Waals surface area contributed by atoms with Gasteiger partial charge < -0.3 is 5.32 Å². The average Bonchev–Trinajstić information content (AvgIpc) is 2.71. The number of carbonyl (C=O) groups excluding carboxylic acids is 1. The Balaban J connectivity index is 3.03. The van der Waals surface area contributed by atoms with E-state index in [-0.39, 0.29) is 16.9 Å². The van der Waals surface area contributed by atoms with Crippen LogP contribution in [0.3, 0.4) is 0 Å². The Bertz CT molecular complexity index is 475. The third kappa shape index (κ3) is 5.52. The fourth-order valence-electron chi connectivity index (χ4n) is 2.05. The second-order valence-corrected chi connectivity index (χ2v) is 7.80. The van der Waals surface area contributed by atoms with E-state index in [2.05, 4.69) is 38.1 Å². The van der Waals surface area contributed by atoms with Crippen molar-refractivity contribution in [2.45, 2.75) is 85.2 Å². The maximum atomic E-state index is 12.5. The van der Waals surface area contributed by atoms with Crippen LogP contribution in [0.25, 0.3) is 0 Å². The van der Waals surface area contributed by atoms with Gasteiger partial charge in [0.1, 0.15) is 5.69 Å². The summed E-state index contributed by atoms with van der Waals surface area (Å²) in [6, 6.07) is 1.94. The Morgan fingerprint density at radius 3 is 2.29 bits per heavy atom. The number of nitrogens with zero attached hydrogens (tertiary/aromatic N) is 2. The molecule has 4 nitrogen and oxygen atoms in total. The molecule has 21 heavy (non-hydrogen) atoms. The molecule has 0 aliphatic rings. The van der Waals surface area contributed by atoms with Crippen LogP contribution in [0.1, 0.15) is 83.9 Å². The Labute approximate surface area is 129 Å². The molecule has 0 aromatic carbocycles. The van der Waals surface area contributed by atoms with Gasteiger partial charge in [-0.1, -0.05) is 40.5 Å². The standard InChI is InChI=1S/C17H31N3O/c1-8-9-10-11-20-13(15(21)18-17(5,6)7)12-14(19-20)16(2,3)4/h12H,8-11H2,1-7H3,(H,18,21). The minimum Gasteiger partial charge on any atom is -0.346 e. The Morgan fingerprint density at radius 1 is 1.19 bits per heavy atom. The molecule has 1 rings (SSSR count). The molecule has 0 bridgehead atoms. The summed E-state index contributed by atoms with van der Waals surface area (Å²) in [5.41, 5.74) is 1.36. The van der Waals surface area contributed by atoms with Crippen molar-refractivity contribution in [2.75, 3.05) is 0 Å². The highest BCUT2D eigenvalue weighted by atomic mass is 16.2. The lowest BCUT2D eigenvalue weighted by Crippen LogP contribution is -2.41. The lowest BCUT2D eigenvalue weighted by molar-refractivity contribution is 0.0908. The molecule has 4 heteroatoms. The zero-order valence-electron chi connectivity index (χ0n) is 14.7. The zero-order valence-corrected chi connectivity index (χ0v) is 14.7. The van der Waals surface area contributed by atoms with E-state index in [0.29, 0.717) is 5.69 Å². The summed E-state index contributed by atoms with van der Waals surface area (Å²) in [6.45, 7) is 15.3. The van der Waals surface area contributed by atoms with Crippen LogP contribution in [0.4, 0.5) is 0 Å². The largest absolute Gasteiger partial charge is 0.346 e. The van der Waals surface area contributed by atoms with Crippen molar-refractivity contribution in [3.8, 4) is 0 Å². The number of rotatable bonds is 5. The summed E-state index contributed by atoms with van der Waals surface area (Å²) in [5.74, 6) is -0.0398. The fraction of sp³-hybridized carbons (Fsp3) is 0.765. The van der Waals surface area contributed by atoms with Gasteiger partial charge in [0.2, 0.25) is 0 Å². The maximum Gasteiger partial charge on any atom is 0.269 e. The van der Waals surface area contributed by atoms with Gasteiger partial charge in [0, 0.05) is 17.5 Å². The van der Waals surface area contributed by atoms with Gasteiger partial charge in [-0.3, -0.25) is 9.48 Å². The number of aryl methyl sites for hydroxylation is 1. The minimum atomic E-state index is -0.239. The van der Waals surface area contributed by atoms with Gasteiger partial charge >= 0.3 is 0 Å². The molecule has 1 N–H and O–H groups in total. The van der Waals surface area contributed by atoms with Crippen LogP contribution < -0.4 is 5.32 Å². The highest BCUT2D eigenvalue weighted by molar-refractivity contribution is 5.93. The summed E-state index contributed by atoms with van der Waals surface area (Å²) in [6.07, 6.45) is 3.37. The molecular weight excluding hydrogens is 262 g/mol. The molecule has 1 heterocycles. The predicted octanol–water partition coefficient (Wildman–Crippen LogP) is 3.90. The van der Waals surface area contributed by atoms with Gasteiger partial charge in [-0.25, -0.2) is 0 Å². The van der Waals surface area contributed by atoms with E-state index in [1.807, 2.05) is 31.5 Å². The summed E-state index contributed by atoms with van der Waals surface area (Å²) in [5, 5.41) is 7.69. The predicted molar refractivity (Wildman–Crippen MR) is 87.7 cm³/mol. The Morgan fingerprint density at radius 2 is 1.81 bits per heavy atom. The summed E-state index contributed by atoms with van der Waals surface area (Å²) < 4.78 is 1.87. The first-order valence-electron chi connectivity index (χ1n) is 7.95. The first-order chi connectivity index (χ1) is 9.54. The topological polar surface area (TPSA) is 46.9 Å². The van der Waals surface area contributed by atoms with Crippen LogP contribution in [0.5, 0.6) is 0 Å². The first kappa shape index (κ1) is 17.7. The minimum absolute atomic E-state index is 0.0398. The van der Waals surface area contributed by atoms with Crippen LogP contribution in [0.2, 0.25) is 0 Å². The fourth-order valence-corrected chi connectivity index (χ4v) is 2.05. The molecule has 0 saturated heterocycles. The Kier molecular flexibility index (Phi) is 5.60. The highest BCUT2D eigenvalue weighted by Gasteiger charge is 2.24. The van der Waals surface area contributed by atoms with Gasteiger partial charge in [0.05, 0.1) is 5.69 Å². The van der Waals surface area contributed by atoms with E-state index in [0.717, 1.165) is 31.5 Å². The number of carbonyl (C=O) groups is 1. The van der Waals surface area contributed by atoms with E-state index in [9.17, 15) is 4.79 Å². The quantitative estimate of drug-likeness (QED) is 0.837. The molecule has 1 amide bonds. The molecule has 0 saturated carbocycles. The molecule has 0 aliphatic heterocycles. The van der Waals surface area contributed by atoms with E-state index in [1.54, 1.807) is 0 Å². The Hall–Kier alpha value is -1.32. The number of hydrogen-bond acceptors (Lipinski definition) is 2. The number of nitrogens with one attached hydrogen (secondary N) is 1. The molecule has 0 aliphatic carbocycles. The molecule has 120 valence electrons. The van der Waals surface area contributed by atoms with Crippen molar-refractivity contribution in [1.29, 1.82) is 0 Å². The molecular formula is C17H31N3O. The van der Waals surface area contributed by atoms with Gasteiger partial charge in [0.15, 0.2) is 0 Å². The van der Waals surface area contributed by atoms with Crippen molar-refractivity contribution in [3.05, 3.63) is 17.5 Å². The molecule has 1 aromatic heterocycles. The lowest BCUT2D eigenvalue weighted by atomic mass is 9.92. The first-order valence-corrected chi connectivity index (χ1v) is 7.95. The van der Waals surface area contributed by atoms with Crippen LogP contribution in [0.15, 0.2) is 6.07 Å². The average molecular weight is 293 g/mol. The van der Waals surface area contributed by atoms with Crippen molar-refractivity contribution in [1.82, 2.24) is 15.1 Å². The van der Waals surface area contributed by atoms with Crippen LogP contribution in [-0.4, -0.2) is 21.2 Å². The summed E-state index contributed by atoms with van der Waals surface area (Å²) >= 11 is 0. The number of hydrogen-bond donors (Lipinski definition) is 1. The van der Waals surface area contributed by atoms with Crippen molar-refractivity contribution in [2.24, 2.45) is 0 Å². The number of unbranched alkanes of at least 4 members (excludes halogenated alkanes) is 2. The van der Waals surface area contributed by atoms with E-state index in [1.165, 1.54) is 0 Å². The van der Waals surface area contributed by atoms with Crippen LogP contribution >= 0.6 is 0 Å². The van der Waals surface area contributed by atoms with Crippen molar-refractivity contribution >= 4 is 5.91 Å². The lowest BCUT2D eigenvalue weighted by Gasteiger charge is -2.20. The normalized spacial score (nSPS) is 12.5. The molecule has 0 spiro atoms. The van der Waals surface area contributed by atoms with Gasteiger partial charge in [-0.2, -0.15) is 5.10 Å². The number of aromatic nitrogens is 2. The monoisotopic (exact) mass is 293 g/mol. The zero-order chi connectivity index (χ0) is 16.3. The van der Waals surface area contributed by atoms with Crippen LogP contribution in [0, 0.1) is 0 Å². The van der Waals surface area contributed by atoms with Crippen molar-refractivity contribution < 1.29 is 4.79 Å². The molecule has 0 radical (unpaired) electrons. The van der Waals surface area contributed by atoms with Gasteiger partial charge in [-0.15, -0.1) is 0 Å². The second-order valence-electron chi connectivity index (χ2n) is 7.80. The van der Waals surface area contributed by atoms with Crippen molar-refractivity contribution in [3.63, 3.8) is 0 Å². The molecule has 0 fully saturated rings. The number of amides is 1. The molecule has 1 aromatic rings. The highest BCUT2D eigenvalue weighted by Crippen LogP contribution is 2.22. The second kappa shape index (κ2) is 6.63. The summed E-state index contributed by atoms with van der Waals surface area (Å²) in [7, 11) is 0. The maximum absolute atomic E-state index is 12.5. The third-order valence-electron chi connectivity index (χ3n) is 3.24. The van der Waals surface area contributed by atoms with Crippen LogP contribution in [-0.2, 0) is 12.0 Å². The van der Waals surface area contributed by atoms with E-state index < -0.39 is 0 Å². The third-order valence-corrected chi connectivity index (χ3v) is 3.24. The SMILES string of the molecule is CCCCCn1nc(C(C)(C)C)cc1C(=O)NC(C)(C)C. The van der Waals surface area contributed by atoms with Gasteiger partial charge in [-0.05, 0) is 33.3 Å². The molecule has 0 atom stereocenters. The van der Waals surface area contributed by atoms with E-state index in [4.69, 9.17) is 0 Å².